The Morgan fingerprint density at radius 2 is 0.789 bits per heavy atom. The van der Waals surface area contributed by atoms with Gasteiger partial charge < -0.3 is 20.4 Å². The average molecular weight is 519 g/mol. The van der Waals surface area contributed by atoms with Gasteiger partial charge in [-0.25, -0.2) is 8.78 Å². The Labute approximate surface area is 221 Å². The number of aryl methyl sites for hydroxylation is 2. The van der Waals surface area contributed by atoms with Crippen molar-refractivity contribution in [2.24, 2.45) is 0 Å². The summed E-state index contributed by atoms with van der Waals surface area (Å²) in [6, 6.07) is 19.2. The van der Waals surface area contributed by atoms with E-state index in [1.807, 2.05) is 45.0 Å². The fourth-order valence-electron chi connectivity index (χ4n) is 5.11. The second-order valence-corrected chi connectivity index (χ2v) is 10.5. The van der Waals surface area contributed by atoms with E-state index in [9.17, 15) is 29.2 Å². The van der Waals surface area contributed by atoms with Crippen LogP contribution in [-0.2, 0) is 10.8 Å². The highest BCUT2D eigenvalue weighted by Gasteiger charge is 2.37. The van der Waals surface area contributed by atoms with Crippen molar-refractivity contribution in [1.29, 1.82) is 0 Å². The predicted molar refractivity (Wildman–Crippen MR) is 144 cm³/mol. The average Bonchev–Trinajstić information content (AvgIpc) is 2.88. The summed E-state index contributed by atoms with van der Waals surface area (Å²) in [6.45, 7) is 7.60. The maximum Gasteiger partial charge on any atom is 0.165 e. The van der Waals surface area contributed by atoms with Crippen LogP contribution in [0.4, 0.5) is 8.78 Å². The van der Waals surface area contributed by atoms with E-state index in [1.165, 1.54) is 24.3 Å². The molecular weight excluding hydrogens is 486 g/mol. The highest BCUT2D eigenvalue weighted by atomic mass is 19.1. The molecule has 0 unspecified atom stereocenters. The van der Waals surface area contributed by atoms with Crippen LogP contribution in [0, 0.1) is 25.5 Å². The van der Waals surface area contributed by atoms with Gasteiger partial charge in [-0.15, -0.1) is 0 Å². The van der Waals surface area contributed by atoms with Crippen molar-refractivity contribution in [1.82, 2.24) is 0 Å². The van der Waals surface area contributed by atoms with Crippen molar-refractivity contribution < 1.29 is 29.2 Å². The summed E-state index contributed by atoms with van der Waals surface area (Å²) in [4.78, 5) is 0. The van der Waals surface area contributed by atoms with E-state index in [-0.39, 0.29) is 11.5 Å². The molecule has 0 amide bonds. The molecule has 4 nitrogen and oxygen atoms in total. The summed E-state index contributed by atoms with van der Waals surface area (Å²) in [5.41, 5.74) is 2.89. The minimum Gasteiger partial charge on any atom is -0.508 e. The highest BCUT2D eigenvalue weighted by Crippen LogP contribution is 2.45. The topological polar surface area (TPSA) is 80.9 Å². The maximum absolute atomic E-state index is 14.5. The van der Waals surface area contributed by atoms with Gasteiger partial charge in [0, 0.05) is 10.8 Å². The van der Waals surface area contributed by atoms with Crippen molar-refractivity contribution in [3.05, 3.63) is 118 Å². The number of rotatable bonds is 7. The zero-order valence-electron chi connectivity index (χ0n) is 21.9. The monoisotopic (exact) mass is 518 g/mol. The zero-order valence-corrected chi connectivity index (χ0v) is 21.9. The van der Waals surface area contributed by atoms with Crippen LogP contribution in [0.25, 0.3) is 0 Å². The van der Waals surface area contributed by atoms with Crippen LogP contribution < -0.4 is 0 Å². The number of aromatic hydroxyl groups is 4. The van der Waals surface area contributed by atoms with Gasteiger partial charge in [0.25, 0.3) is 0 Å². The molecule has 0 spiro atoms. The molecule has 38 heavy (non-hydrogen) atoms. The van der Waals surface area contributed by atoms with E-state index in [1.54, 1.807) is 24.3 Å². The van der Waals surface area contributed by atoms with Gasteiger partial charge in [0.2, 0.25) is 0 Å². The van der Waals surface area contributed by atoms with Crippen molar-refractivity contribution in [2.75, 3.05) is 0 Å². The Morgan fingerprint density at radius 1 is 0.500 bits per heavy atom. The molecule has 0 fully saturated rings. The molecule has 4 rings (SSSR count). The van der Waals surface area contributed by atoms with Gasteiger partial charge in [-0.1, -0.05) is 50.2 Å². The summed E-state index contributed by atoms with van der Waals surface area (Å²) >= 11 is 0. The minimum atomic E-state index is -0.901. The third kappa shape index (κ3) is 4.91. The number of benzene rings is 4. The van der Waals surface area contributed by atoms with Gasteiger partial charge in [-0.05, 0) is 96.5 Å². The third-order valence-corrected chi connectivity index (χ3v) is 7.96. The SMILES string of the molecule is Cc1cc(C(C)(CCC(C)(c2ccc(O)c(F)c2)c2ccc(O)c(F)c2)c2ccc(O)c(C)c2)ccc1O. The van der Waals surface area contributed by atoms with Crippen LogP contribution in [0.1, 0.15) is 60.1 Å². The molecule has 0 atom stereocenters. The van der Waals surface area contributed by atoms with E-state index in [0.29, 0.717) is 35.1 Å². The summed E-state index contributed by atoms with van der Waals surface area (Å²) in [5.74, 6) is -2.14. The number of phenolic OH excluding ortho intramolecular Hbond substituents is 4. The van der Waals surface area contributed by atoms with Crippen molar-refractivity contribution in [2.45, 2.75) is 51.4 Å². The highest BCUT2D eigenvalue weighted by molar-refractivity contribution is 5.48. The summed E-state index contributed by atoms with van der Waals surface area (Å²) in [7, 11) is 0. The summed E-state index contributed by atoms with van der Waals surface area (Å²) in [5, 5.41) is 39.9. The second-order valence-electron chi connectivity index (χ2n) is 10.5. The number of hydrogen-bond acceptors (Lipinski definition) is 4. The van der Waals surface area contributed by atoms with Crippen LogP contribution in [0.5, 0.6) is 23.0 Å². The normalized spacial score (nSPS) is 12.1. The van der Waals surface area contributed by atoms with Gasteiger partial charge in [-0.2, -0.15) is 0 Å². The first-order valence-corrected chi connectivity index (χ1v) is 12.4. The van der Waals surface area contributed by atoms with Gasteiger partial charge >= 0.3 is 0 Å². The standard InChI is InChI=1S/C32H32F2O4/c1-19-15-21(5-9-27(19)35)31(3,22-6-10-28(36)20(2)16-22)13-14-32(4,23-7-11-29(37)25(33)17-23)24-8-12-30(38)26(34)18-24/h5-12,15-18,35-38H,13-14H2,1-4H3. The van der Waals surface area contributed by atoms with E-state index in [4.69, 9.17) is 0 Å². The smallest absolute Gasteiger partial charge is 0.165 e. The van der Waals surface area contributed by atoms with Crippen LogP contribution in [0.3, 0.4) is 0 Å². The zero-order chi connectivity index (χ0) is 27.8. The number of halogens is 2. The van der Waals surface area contributed by atoms with Crippen LogP contribution in [0.2, 0.25) is 0 Å². The third-order valence-electron chi connectivity index (χ3n) is 7.96. The molecular formula is C32H32F2O4. The maximum atomic E-state index is 14.5. The Kier molecular flexibility index (Phi) is 7.11. The molecule has 0 aliphatic rings. The summed E-state index contributed by atoms with van der Waals surface area (Å²) < 4.78 is 29.1. The largest absolute Gasteiger partial charge is 0.508 e. The number of phenols is 4. The molecule has 0 saturated heterocycles. The number of hydrogen-bond donors (Lipinski definition) is 4. The Bertz CT molecular complexity index is 1280. The lowest BCUT2D eigenvalue weighted by atomic mass is 9.65. The van der Waals surface area contributed by atoms with E-state index < -0.39 is 34.0 Å². The van der Waals surface area contributed by atoms with Gasteiger partial charge in [0.15, 0.2) is 23.1 Å². The van der Waals surface area contributed by atoms with Crippen LogP contribution in [0.15, 0.2) is 72.8 Å². The van der Waals surface area contributed by atoms with Gasteiger partial charge in [0.05, 0.1) is 0 Å². The second kappa shape index (κ2) is 10.0. The Hall–Kier alpha value is -4.06. The van der Waals surface area contributed by atoms with Crippen LogP contribution >= 0.6 is 0 Å². The molecule has 0 aromatic heterocycles. The molecule has 4 aromatic rings. The Balaban J connectivity index is 1.87. The predicted octanol–water partition coefficient (Wildman–Crippen LogP) is 7.50. The van der Waals surface area contributed by atoms with Crippen molar-refractivity contribution in [3.63, 3.8) is 0 Å². The first-order valence-electron chi connectivity index (χ1n) is 12.4. The molecule has 0 aliphatic carbocycles. The molecule has 0 aliphatic heterocycles. The van der Waals surface area contributed by atoms with Crippen molar-refractivity contribution >= 4 is 0 Å². The summed E-state index contributed by atoms with van der Waals surface area (Å²) in [6.07, 6.45) is 0.945. The first-order chi connectivity index (χ1) is 17.8. The van der Waals surface area contributed by atoms with Gasteiger partial charge in [-0.3, -0.25) is 0 Å². The lowest BCUT2D eigenvalue weighted by Gasteiger charge is -2.38. The minimum absolute atomic E-state index is 0.182. The first kappa shape index (κ1) is 27.0. The van der Waals surface area contributed by atoms with E-state index in [2.05, 4.69) is 6.92 Å². The molecule has 198 valence electrons. The van der Waals surface area contributed by atoms with E-state index in [0.717, 1.165) is 11.1 Å². The lowest BCUT2D eigenvalue weighted by molar-refractivity contribution is 0.400. The molecule has 6 heteroatoms. The molecule has 4 aromatic carbocycles. The molecule has 4 N–H and O–H groups in total. The molecule has 0 heterocycles. The fourth-order valence-corrected chi connectivity index (χ4v) is 5.11. The lowest BCUT2D eigenvalue weighted by Crippen LogP contribution is -2.31. The fraction of sp³-hybridized carbons (Fsp3) is 0.250. The van der Waals surface area contributed by atoms with Crippen LogP contribution in [-0.4, -0.2) is 20.4 Å². The van der Waals surface area contributed by atoms with E-state index >= 15 is 0 Å². The molecule has 0 bridgehead atoms. The van der Waals surface area contributed by atoms with Gasteiger partial charge in [0.1, 0.15) is 11.5 Å². The van der Waals surface area contributed by atoms with Crippen molar-refractivity contribution in [3.8, 4) is 23.0 Å². The Morgan fingerprint density at radius 3 is 1.08 bits per heavy atom. The molecule has 0 saturated carbocycles. The quantitative estimate of drug-likeness (QED) is 0.204. The molecule has 0 radical (unpaired) electrons.